The molecule has 0 aromatic heterocycles. The van der Waals surface area contributed by atoms with Crippen LogP contribution in [0.25, 0.3) is 0 Å². The van der Waals surface area contributed by atoms with Crippen LogP contribution in [-0.4, -0.2) is 49.1 Å². The van der Waals surface area contributed by atoms with Crippen LogP contribution in [-0.2, 0) is 14.3 Å². The minimum absolute atomic E-state index is 0.0862. The Bertz CT molecular complexity index is 268. The molecule has 92 valence electrons. The number of nitrogens with zero attached hydrogens (tertiary/aromatic N) is 1. The molecule has 1 aliphatic rings. The van der Waals surface area contributed by atoms with Crippen LogP contribution in [0.1, 0.15) is 26.7 Å². The van der Waals surface area contributed by atoms with Crippen LogP contribution >= 0.6 is 0 Å². The number of ether oxygens (including phenoxy) is 1. The van der Waals surface area contributed by atoms with E-state index >= 15 is 0 Å². The third-order valence-corrected chi connectivity index (χ3v) is 3.00. The van der Waals surface area contributed by atoms with Crippen molar-refractivity contribution in [2.45, 2.75) is 38.8 Å². The topological polar surface area (TPSA) is 58.6 Å². The van der Waals surface area contributed by atoms with E-state index in [0.717, 1.165) is 19.4 Å². The van der Waals surface area contributed by atoms with Crippen LogP contribution < -0.4 is 5.32 Å². The molecule has 0 aliphatic carbocycles. The van der Waals surface area contributed by atoms with Gasteiger partial charge in [0.25, 0.3) is 0 Å². The smallest absolute Gasteiger partial charge is 0.396 e. The van der Waals surface area contributed by atoms with Gasteiger partial charge in [0.1, 0.15) is 0 Å². The molecule has 1 N–H and O–H groups in total. The van der Waals surface area contributed by atoms with E-state index in [4.69, 9.17) is 0 Å². The first-order valence-electron chi connectivity index (χ1n) is 5.72. The number of rotatable bonds is 2. The van der Waals surface area contributed by atoms with Crippen LogP contribution in [0.2, 0.25) is 0 Å². The molecule has 1 amide bonds. The van der Waals surface area contributed by atoms with Crippen molar-refractivity contribution < 1.29 is 14.3 Å². The predicted molar refractivity (Wildman–Crippen MR) is 59.9 cm³/mol. The van der Waals surface area contributed by atoms with Crippen molar-refractivity contribution in [1.82, 2.24) is 10.2 Å². The highest BCUT2D eigenvalue weighted by Gasteiger charge is 2.26. The van der Waals surface area contributed by atoms with Crippen molar-refractivity contribution in [2.75, 3.05) is 20.2 Å². The van der Waals surface area contributed by atoms with Gasteiger partial charge in [-0.05, 0) is 33.7 Å². The fraction of sp³-hybridized carbons (Fsp3) is 0.818. The second kappa shape index (κ2) is 5.84. The fourth-order valence-corrected chi connectivity index (χ4v) is 1.86. The van der Waals surface area contributed by atoms with E-state index in [1.165, 1.54) is 0 Å². The first-order chi connectivity index (χ1) is 7.54. The van der Waals surface area contributed by atoms with E-state index < -0.39 is 11.9 Å². The molecule has 0 aromatic rings. The highest BCUT2D eigenvalue weighted by Crippen LogP contribution is 2.15. The Morgan fingerprint density at radius 3 is 2.75 bits per heavy atom. The molecule has 2 atom stereocenters. The zero-order chi connectivity index (χ0) is 12.1. The lowest BCUT2D eigenvalue weighted by molar-refractivity contribution is -0.155. The Balaban J connectivity index is 2.37. The molecular weight excluding hydrogens is 208 g/mol. The quantitative estimate of drug-likeness (QED) is 0.540. The first kappa shape index (κ1) is 13.0. The van der Waals surface area contributed by atoms with E-state index in [2.05, 4.69) is 28.9 Å². The average molecular weight is 228 g/mol. The lowest BCUT2D eigenvalue weighted by Crippen LogP contribution is -2.49. The van der Waals surface area contributed by atoms with Crippen molar-refractivity contribution >= 4 is 11.9 Å². The Kier molecular flexibility index (Phi) is 4.73. The van der Waals surface area contributed by atoms with E-state index in [-0.39, 0.29) is 12.6 Å². The van der Waals surface area contributed by atoms with Gasteiger partial charge in [-0.25, -0.2) is 4.79 Å². The second-order valence-corrected chi connectivity index (χ2v) is 4.24. The predicted octanol–water partition coefficient (Wildman–Crippen LogP) is 0.148. The second-order valence-electron chi connectivity index (χ2n) is 4.24. The zero-order valence-corrected chi connectivity index (χ0v) is 10.2. The molecule has 1 aliphatic heterocycles. The van der Waals surface area contributed by atoms with Crippen molar-refractivity contribution in [3.63, 3.8) is 0 Å². The molecule has 1 heterocycles. The van der Waals surface area contributed by atoms with E-state index in [1.807, 2.05) is 0 Å². The monoisotopic (exact) mass is 228 g/mol. The van der Waals surface area contributed by atoms with Gasteiger partial charge in [-0.2, -0.15) is 0 Å². The first-order valence-corrected chi connectivity index (χ1v) is 5.72. The third-order valence-electron chi connectivity index (χ3n) is 3.00. The summed E-state index contributed by atoms with van der Waals surface area (Å²) in [5.41, 5.74) is 0. The molecule has 0 saturated carbocycles. The van der Waals surface area contributed by atoms with E-state index in [9.17, 15) is 9.59 Å². The number of hydrogen-bond donors (Lipinski definition) is 1. The lowest BCUT2D eigenvalue weighted by atomic mass is 9.99. The van der Waals surface area contributed by atoms with Crippen molar-refractivity contribution in [3.8, 4) is 0 Å². The molecular formula is C11H20N2O3. The highest BCUT2D eigenvalue weighted by molar-refractivity contribution is 6.32. The van der Waals surface area contributed by atoms with E-state index in [1.54, 1.807) is 6.92 Å². The molecule has 5 heteroatoms. The van der Waals surface area contributed by atoms with Gasteiger partial charge >= 0.3 is 11.9 Å². The number of likely N-dealkylation sites (tertiary alicyclic amines) is 1. The summed E-state index contributed by atoms with van der Waals surface area (Å²) in [7, 11) is 2.06. The fourth-order valence-electron chi connectivity index (χ4n) is 1.86. The summed E-state index contributed by atoms with van der Waals surface area (Å²) in [5.74, 6) is -1.40. The maximum Gasteiger partial charge on any atom is 0.396 e. The van der Waals surface area contributed by atoms with Gasteiger partial charge in [-0.15, -0.1) is 0 Å². The number of carbonyl (C=O) groups excluding carboxylic acids is 2. The van der Waals surface area contributed by atoms with Gasteiger partial charge in [0.15, 0.2) is 0 Å². The van der Waals surface area contributed by atoms with Crippen LogP contribution in [0.3, 0.4) is 0 Å². The maximum absolute atomic E-state index is 11.4. The number of carbonyl (C=O) groups is 2. The summed E-state index contributed by atoms with van der Waals surface area (Å²) in [6, 6.07) is 0.518. The van der Waals surface area contributed by atoms with Gasteiger partial charge in [0, 0.05) is 18.6 Å². The number of hydrogen-bond acceptors (Lipinski definition) is 4. The van der Waals surface area contributed by atoms with Crippen molar-refractivity contribution in [1.29, 1.82) is 0 Å². The minimum Gasteiger partial charge on any atom is -0.459 e. The average Bonchev–Trinajstić information content (AvgIpc) is 2.24. The standard InChI is InChI=1S/C11H20N2O3/c1-4-16-11(15)10(14)12-9-5-6-13(3)8(2)7-9/h8-9H,4-7H2,1-3H3,(H,12,14). The summed E-state index contributed by atoms with van der Waals surface area (Å²) in [5, 5.41) is 2.71. The summed E-state index contributed by atoms with van der Waals surface area (Å²) in [4.78, 5) is 24.8. The van der Waals surface area contributed by atoms with Gasteiger partial charge in [0.05, 0.1) is 6.61 Å². The third kappa shape index (κ3) is 3.48. The number of piperidine rings is 1. The summed E-state index contributed by atoms with van der Waals surface area (Å²) in [6.07, 6.45) is 1.76. The molecule has 0 radical (unpaired) electrons. The summed E-state index contributed by atoms with van der Waals surface area (Å²) >= 11 is 0. The van der Waals surface area contributed by atoms with Gasteiger partial charge in [-0.1, -0.05) is 0 Å². The Morgan fingerprint density at radius 1 is 1.50 bits per heavy atom. The van der Waals surface area contributed by atoms with Gasteiger partial charge < -0.3 is 15.0 Å². The molecule has 5 nitrogen and oxygen atoms in total. The highest BCUT2D eigenvalue weighted by atomic mass is 16.5. The zero-order valence-electron chi connectivity index (χ0n) is 10.2. The molecule has 0 aromatic carbocycles. The van der Waals surface area contributed by atoms with Crippen LogP contribution in [0, 0.1) is 0 Å². The minimum atomic E-state index is -0.783. The molecule has 16 heavy (non-hydrogen) atoms. The van der Waals surface area contributed by atoms with Crippen LogP contribution in [0.5, 0.6) is 0 Å². The van der Waals surface area contributed by atoms with Gasteiger partial charge in [-0.3, -0.25) is 4.79 Å². The molecule has 1 fully saturated rings. The normalized spacial score (nSPS) is 26.2. The SMILES string of the molecule is CCOC(=O)C(=O)NC1CCN(C)C(C)C1. The molecule has 0 bridgehead atoms. The van der Waals surface area contributed by atoms with Gasteiger partial charge in [0.2, 0.25) is 0 Å². The van der Waals surface area contributed by atoms with Crippen LogP contribution in [0.4, 0.5) is 0 Å². The lowest BCUT2D eigenvalue weighted by Gasteiger charge is -2.35. The van der Waals surface area contributed by atoms with Crippen LogP contribution in [0.15, 0.2) is 0 Å². The maximum atomic E-state index is 11.4. The molecule has 2 unspecified atom stereocenters. The summed E-state index contributed by atoms with van der Waals surface area (Å²) < 4.78 is 4.63. The molecule has 1 rings (SSSR count). The van der Waals surface area contributed by atoms with Crippen molar-refractivity contribution in [2.24, 2.45) is 0 Å². The summed E-state index contributed by atoms with van der Waals surface area (Å²) in [6.45, 7) is 4.97. The molecule has 1 saturated heterocycles. The Labute approximate surface area is 96.1 Å². The molecule has 0 spiro atoms. The number of esters is 1. The number of nitrogens with one attached hydrogen (secondary N) is 1. The Hall–Kier alpha value is -1.10. The Morgan fingerprint density at radius 2 is 2.19 bits per heavy atom. The largest absolute Gasteiger partial charge is 0.459 e. The number of amides is 1. The van der Waals surface area contributed by atoms with Crippen molar-refractivity contribution in [3.05, 3.63) is 0 Å². The van der Waals surface area contributed by atoms with E-state index in [0.29, 0.717) is 6.04 Å².